The molecule has 0 fully saturated rings. The normalized spacial score (nSPS) is 11.4. The highest BCUT2D eigenvalue weighted by molar-refractivity contribution is 7.16. The van der Waals surface area contributed by atoms with Crippen LogP contribution in [0.15, 0.2) is 41.4 Å². The first-order chi connectivity index (χ1) is 13.3. The van der Waals surface area contributed by atoms with Gasteiger partial charge in [-0.05, 0) is 12.1 Å². The van der Waals surface area contributed by atoms with Crippen LogP contribution in [0.3, 0.4) is 0 Å². The molecule has 0 saturated heterocycles. The third-order valence-electron chi connectivity index (χ3n) is 3.67. The van der Waals surface area contributed by atoms with Gasteiger partial charge in [-0.15, -0.1) is 6.42 Å². The molecule has 11 heteroatoms. The maximum atomic E-state index is 14.2. The summed E-state index contributed by atoms with van der Waals surface area (Å²) in [7, 11) is 0. The predicted octanol–water partition coefficient (Wildman–Crippen LogP) is 3.03. The van der Waals surface area contributed by atoms with E-state index in [1.807, 2.05) is 0 Å². The lowest BCUT2D eigenvalue weighted by atomic mass is 10.1. The summed E-state index contributed by atoms with van der Waals surface area (Å²) in [5.41, 5.74) is -1.41. The van der Waals surface area contributed by atoms with Crippen molar-refractivity contribution in [3.05, 3.63) is 72.8 Å². The smallest absolute Gasteiger partial charge is 0.280 e. The number of carbonyl (C=O) groups excluding carboxylic acids is 1. The molecule has 1 heterocycles. The van der Waals surface area contributed by atoms with Crippen LogP contribution in [0.2, 0.25) is 0 Å². The average Bonchev–Trinajstić information content (AvgIpc) is 3.00. The first-order valence-corrected chi connectivity index (χ1v) is 8.37. The number of para-hydroxylation sites is 1. The van der Waals surface area contributed by atoms with E-state index in [0.29, 0.717) is 4.70 Å². The molecule has 0 spiro atoms. The molecular weight excluding hydrogens is 391 g/mol. The molecular formula is C17H9FN4O5S. The fourth-order valence-corrected chi connectivity index (χ4v) is 3.53. The van der Waals surface area contributed by atoms with Crippen LogP contribution in [0, 0.1) is 38.4 Å². The second-order valence-electron chi connectivity index (χ2n) is 5.43. The topological polar surface area (TPSA) is 121 Å². The summed E-state index contributed by atoms with van der Waals surface area (Å²) in [6.07, 6.45) is 5.31. The van der Waals surface area contributed by atoms with Crippen LogP contribution in [0.5, 0.6) is 0 Å². The van der Waals surface area contributed by atoms with Gasteiger partial charge in [-0.2, -0.15) is 4.99 Å². The highest BCUT2D eigenvalue weighted by atomic mass is 32.1. The zero-order valence-electron chi connectivity index (χ0n) is 13.9. The summed E-state index contributed by atoms with van der Waals surface area (Å²) < 4.78 is 16.0. The van der Waals surface area contributed by atoms with Gasteiger partial charge in [0.25, 0.3) is 17.3 Å². The number of benzene rings is 2. The van der Waals surface area contributed by atoms with Gasteiger partial charge in [0.2, 0.25) is 0 Å². The van der Waals surface area contributed by atoms with E-state index in [0.717, 1.165) is 29.5 Å². The fourth-order valence-electron chi connectivity index (χ4n) is 2.49. The highest BCUT2D eigenvalue weighted by Gasteiger charge is 2.20. The fraction of sp³-hybridized carbons (Fsp3) is 0.0588. The lowest BCUT2D eigenvalue weighted by Gasteiger charge is -2.01. The van der Waals surface area contributed by atoms with Gasteiger partial charge in [0, 0.05) is 12.1 Å². The van der Waals surface area contributed by atoms with E-state index in [2.05, 4.69) is 10.9 Å². The second kappa shape index (κ2) is 7.37. The Morgan fingerprint density at radius 1 is 1.21 bits per heavy atom. The van der Waals surface area contributed by atoms with E-state index in [4.69, 9.17) is 6.42 Å². The Morgan fingerprint density at radius 3 is 2.43 bits per heavy atom. The van der Waals surface area contributed by atoms with Gasteiger partial charge >= 0.3 is 0 Å². The van der Waals surface area contributed by atoms with Crippen molar-refractivity contribution in [2.24, 2.45) is 4.99 Å². The monoisotopic (exact) mass is 400 g/mol. The first kappa shape index (κ1) is 18.9. The molecule has 0 saturated carbocycles. The van der Waals surface area contributed by atoms with Gasteiger partial charge in [-0.25, -0.2) is 4.39 Å². The number of hydrogen-bond donors (Lipinski definition) is 0. The molecule has 3 rings (SSSR count). The van der Waals surface area contributed by atoms with Crippen LogP contribution >= 0.6 is 11.3 Å². The van der Waals surface area contributed by atoms with Crippen molar-refractivity contribution in [3.8, 4) is 12.3 Å². The predicted molar refractivity (Wildman–Crippen MR) is 98.3 cm³/mol. The van der Waals surface area contributed by atoms with Crippen molar-refractivity contribution in [3.63, 3.8) is 0 Å². The lowest BCUT2D eigenvalue weighted by molar-refractivity contribution is -0.394. The van der Waals surface area contributed by atoms with Crippen LogP contribution in [0.1, 0.15) is 10.4 Å². The molecule has 2 aromatic carbocycles. The Morgan fingerprint density at radius 2 is 1.86 bits per heavy atom. The number of aromatic nitrogens is 1. The van der Waals surface area contributed by atoms with Gasteiger partial charge in [0.1, 0.15) is 5.82 Å². The van der Waals surface area contributed by atoms with E-state index in [1.165, 1.54) is 16.7 Å². The van der Waals surface area contributed by atoms with E-state index in [-0.39, 0.29) is 22.4 Å². The van der Waals surface area contributed by atoms with Crippen LogP contribution in [-0.4, -0.2) is 20.3 Å². The Balaban J connectivity index is 2.20. The number of non-ortho nitro benzene ring substituents is 2. The summed E-state index contributed by atoms with van der Waals surface area (Å²) in [4.78, 5) is 36.7. The summed E-state index contributed by atoms with van der Waals surface area (Å²) >= 11 is 0.994. The van der Waals surface area contributed by atoms with Gasteiger partial charge in [0.05, 0.1) is 38.2 Å². The SMILES string of the molecule is C#CCn1c(=NC(=O)c2cc([N+](=O)[O-])cc([N+](=O)[O-])c2)sc2cccc(F)c21. The minimum Gasteiger partial charge on any atom is -0.302 e. The largest absolute Gasteiger partial charge is 0.302 e. The number of fused-ring (bicyclic) bond motifs is 1. The van der Waals surface area contributed by atoms with Crippen LogP contribution in [-0.2, 0) is 6.54 Å². The number of nitro groups is 2. The van der Waals surface area contributed by atoms with Crippen LogP contribution in [0.4, 0.5) is 15.8 Å². The number of terminal acetylenes is 1. The molecule has 28 heavy (non-hydrogen) atoms. The third-order valence-corrected chi connectivity index (χ3v) is 4.71. The third kappa shape index (κ3) is 3.49. The Bertz CT molecular complexity index is 1220. The molecule has 140 valence electrons. The molecule has 9 nitrogen and oxygen atoms in total. The van der Waals surface area contributed by atoms with Gasteiger partial charge < -0.3 is 4.57 Å². The average molecular weight is 400 g/mol. The van der Waals surface area contributed by atoms with Crippen molar-refractivity contribution in [2.45, 2.75) is 6.54 Å². The van der Waals surface area contributed by atoms with Crippen LogP contribution in [0.25, 0.3) is 10.2 Å². The molecule has 0 aliphatic heterocycles. The van der Waals surface area contributed by atoms with Crippen LogP contribution < -0.4 is 4.80 Å². The number of nitro benzene ring substituents is 2. The highest BCUT2D eigenvalue weighted by Crippen LogP contribution is 2.24. The Labute approximate surface area is 159 Å². The molecule has 0 atom stereocenters. The van der Waals surface area contributed by atoms with E-state index in [9.17, 15) is 29.4 Å². The van der Waals surface area contributed by atoms with Gasteiger partial charge in [-0.1, -0.05) is 23.3 Å². The number of carbonyl (C=O) groups is 1. The molecule has 0 unspecified atom stereocenters. The lowest BCUT2D eigenvalue weighted by Crippen LogP contribution is -2.17. The van der Waals surface area contributed by atoms with Crippen molar-refractivity contribution < 1.29 is 19.0 Å². The number of nitrogens with zero attached hydrogens (tertiary/aromatic N) is 4. The second-order valence-corrected chi connectivity index (χ2v) is 6.44. The number of halogens is 1. The molecule has 3 aromatic rings. The maximum absolute atomic E-state index is 14.2. The minimum atomic E-state index is -0.954. The first-order valence-electron chi connectivity index (χ1n) is 7.56. The standard InChI is InChI=1S/C17H9FN4O5S/c1-2-6-20-15-13(18)4-3-5-14(15)28-17(20)19-16(23)10-7-11(21(24)25)9-12(8-10)22(26)27/h1,3-5,7-9H,6H2. The summed E-state index contributed by atoms with van der Waals surface area (Å²) in [6.45, 7) is -0.0673. The zero-order valence-corrected chi connectivity index (χ0v) is 14.7. The Hall–Kier alpha value is -3.91. The van der Waals surface area contributed by atoms with Gasteiger partial charge in [-0.3, -0.25) is 25.0 Å². The Kier molecular flexibility index (Phi) is 4.97. The number of amides is 1. The molecule has 0 bridgehead atoms. The number of thiazole rings is 1. The van der Waals surface area contributed by atoms with Gasteiger partial charge in [0.15, 0.2) is 4.80 Å². The summed E-state index contributed by atoms with van der Waals surface area (Å²) in [6, 6.07) is 6.86. The van der Waals surface area contributed by atoms with E-state index in [1.54, 1.807) is 6.07 Å². The van der Waals surface area contributed by atoms with Crippen molar-refractivity contribution >= 4 is 38.8 Å². The number of hydrogen-bond acceptors (Lipinski definition) is 6. The quantitative estimate of drug-likeness (QED) is 0.379. The molecule has 0 aliphatic rings. The molecule has 0 aliphatic carbocycles. The van der Waals surface area contributed by atoms with Crippen molar-refractivity contribution in [2.75, 3.05) is 0 Å². The maximum Gasteiger partial charge on any atom is 0.280 e. The molecule has 0 radical (unpaired) electrons. The minimum absolute atomic E-state index is 0.0669. The van der Waals surface area contributed by atoms with E-state index >= 15 is 0 Å². The molecule has 1 amide bonds. The van der Waals surface area contributed by atoms with Crippen molar-refractivity contribution in [1.82, 2.24) is 4.57 Å². The van der Waals surface area contributed by atoms with Crippen molar-refractivity contribution in [1.29, 1.82) is 0 Å². The number of rotatable bonds is 4. The summed E-state index contributed by atoms with van der Waals surface area (Å²) in [5, 5.41) is 22.0. The molecule has 0 N–H and O–H groups in total. The van der Waals surface area contributed by atoms with E-state index < -0.39 is 32.9 Å². The molecule has 1 aromatic heterocycles. The summed E-state index contributed by atoms with van der Waals surface area (Å²) in [5.74, 6) is 0.838. The zero-order chi connectivity index (χ0) is 20.4.